The zero-order valence-electron chi connectivity index (χ0n) is 14.2. The number of nitrogens with zero attached hydrogens (tertiary/aromatic N) is 2. The molecule has 4 nitrogen and oxygen atoms in total. The highest BCUT2D eigenvalue weighted by atomic mass is 16.2. The van der Waals surface area contributed by atoms with Crippen LogP contribution in [0.2, 0.25) is 0 Å². The monoisotopic (exact) mass is 319 g/mol. The van der Waals surface area contributed by atoms with Crippen LogP contribution in [0.4, 0.5) is 5.69 Å². The van der Waals surface area contributed by atoms with E-state index < -0.39 is 5.54 Å². The van der Waals surface area contributed by atoms with Gasteiger partial charge in [0.15, 0.2) is 0 Å². The van der Waals surface area contributed by atoms with Crippen LogP contribution in [-0.2, 0) is 10.3 Å². The molecule has 0 fully saturated rings. The zero-order chi connectivity index (χ0) is 17.2. The topological polar surface area (TPSA) is 46.9 Å². The summed E-state index contributed by atoms with van der Waals surface area (Å²) in [7, 11) is 0. The third-order valence-corrected chi connectivity index (χ3v) is 4.10. The normalized spacial score (nSPS) is 11.3. The van der Waals surface area contributed by atoms with E-state index >= 15 is 0 Å². The van der Waals surface area contributed by atoms with Gasteiger partial charge in [-0.3, -0.25) is 9.48 Å². The van der Waals surface area contributed by atoms with Gasteiger partial charge in [-0.15, -0.1) is 0 Å². The Morgan fingerprint density at radius 3 is 2.21 bits per heavy atom. The number of anilines is 1. The number of aromatic nitrogens is 2. The number of benzene rings is 2. The van der Waals surface area contributed by atoms with Crippen LogP contribution in [-0.4, -0.2) is 15.7 Å². The molecule has 0 spiro atoms. The van der Waals surface area contributed by atoms with Crippen LogP contribution in [0.25, 0.3) is 11.3 Å². The first-order valence-electron chi connectivity index (χ1n) is 7.97. The summed E-state index contributed by atoms with van der Waals surface area (Å²) < 4.78 is 1.74. The van der Waals surface area contributed by atoms with Crippen LogP contribution in [0.3, 0.4) is 0 Å². The molecule has 0 unspecified atom stereocenters. The fourth-order valence-electron chi connectivity index (χ4n) is 2.54. The molecule has 0 aliphatic rings. The lowest BCUT2D eigenvalue weighted by Crippen LogP contribution is -2.40. The van der Waals surface area contributed by atoms with E-state index in [1.165, 1.54) is 0 Å². The third-order valence-electron chi connectivity index (χ3n) is 4.10. The van der Waals surface area contributed by atoms with Gasteiger partial charge in [-0.25, -0.2) is 0 Å². The van der Waals surface area contributed by atoms with Crippen LogP contribution in [0.1, 0.15) is 19.4 Å². The Labute approximate surface area is 142 Å². The lowest BCUT2D eigenvalue weighted by Gasteiger charge is -2.24. The zero-order valence-corrected chi connectivity index (χ0v) is 14.2. The highest BCUT2D eigenvalue weighted by Gasteiger charge is 2.31. The molecular weight excluding hydrogens is 298 g/mol. The lowest BCUT2D eigenvalue weighted by atomic mass is 10.0. The van der Waals surface area contributed by atoms with Crippen molar-refractivity contribution in [2.75, 3.05) is 5.32 Å². The summed E-state index contributed by atoms with van der Waals surface area (Å²) in [5.74, 6) is -0.101. The van der Waals surface area contributed by atoms with Crippen LogP contribution < -0.4 is 5.32 Å². The summed E-state index contributed by atoms with van der Waals surface area (Å²) in [6.07, 6.45) is 1.92. The molecule has 0 aliphatic carbocycles. The summed E-state index contributed by atoms with van der Waals surface area (Å²) in [5.41, 5.74) is 2.97. The first-order valence-corrected chi connectivity index (χ1v) is 7.97. The van der Waals surface area contributed by atoms with Crippen LogP contribution in [0, 0.1) is 6.92 Å². The summed E-state index contributed by atoms with van der Waals surface area (Å²) in [6, 6.07) is 19.5. The maximum absolute atomic E-state index is 12.7. The molecule has 0 bridgehead atoms. The van der Waals surface area contributed by atoms with E-state index in [0.29, 0.717) is 0 Å². The molecule has 0 aliphatic heterocycles. The first-order chi connectivity index (χ1) is 11.5. The molecule has 122 valence electrons. The molecule has 4 heteroatoms. The summed E-state index contributed by atoms with van der Waals surface area (Å²) in [4.78, 5) is 12.7. The predicted molar refractivity (Wildman–Crippen MR) is 96.8 cm³/mol. The highest BCUT2D eigenvalue weighted by molar-refractivity contribution is 5.96. The predicted octanol–water partition coefficient (Wildman–Crippen LogP) is 4.23. The van der Waals surface area contributed by atoms with Crippen LogP contribution >= 0.6 is 0 Å². The Bertz CT molecular complexity index is 836. The van der Waals surface area contributed by atoms with Gasteiger partial charge in [0.05, 0.1) is 5.69 Å². The molecule has 0 saturated carbocycles. The van der Waals surface area contributed by atoms with Crippen molar-refractivity contribution in [3.63, 3.8) is 0 Å². The van der Waals surface area contributed by atoms with Gasteiger partial charge in [-0.05, 0) is 38.5 Å². The van der Waals surface area contributed by atoms with E-state index in [9.17, 15) is 4.79 Å². The summed E-state index contributed by atoms with van der Waals surface area (Å²) >= 11 is 0. The SMILES string of the molecule is Cc1cn(C(C)(C)C(=O)Nc2ccccc2)nc1-c1ccccc1. The van der Waals surface area contributed by atoms with E-state index in [-0.39, 0.29) is 5.91 Å². The Morgan fingerprint density at radius 2 is 1.58 bits per heavy atom. The van der Waals surface area contributed by atoms with E-state index in [1.54, 1.807) is 4.68 Å². The smallest absolute Gasteiger partial charge is 0.251 e. The number of rotatable bonds is 4. The second-order valence-corrected chi connectivity index (χ2v) is 6.35. The molecule has 0 radical (unpaired) electrons. The number of amides is 1. The average molecular weight is 319 g/mol. The molecule has 1 heterocycles. The van der Waals surface area contributed by atoms with Gasteiger partial charge in [0.1, 0.15) is 5.54 Å². The van der Waals surface area contributed by atoms with Crippen molar-refractivity contribution in [3.05, 3.63) is 72.4 Å². The Hall–Kier alpha value is -2.88. The highest BCUT2D eigenvalue weighted by Crippen LogP contribution is 2.25. The first kappa shape index (κ1) is 16.0. The second-order valence-electron chi connectivity index (χ2n) is 6.35. The molecule has 1 N–H and O–H groups in total. The quantitative estimate of drug-likeness (QED) is 0.782. The van der Waals surface area contributed by atoms with Crippen molar-refractivity contribution >= 4 is 11.6 Å². The largest absolute Gasteiger partial charge is 0.324 e. The van der Waals surface area contributed by atoms with Crippen molar-refractivity contribution in [2.45, 2.75) is 26.3 Å². The van der Waals surface area contributed by atoms with Gasteiger partial charge in [0.25, 0.3) is 5.91 Å². The van der Waals surface area contributed by atoms with E-state index in [0.717, 1.165) is 22.5 Å². The minimum atomic E-state index is -0.798. The number of para-hydroxylation sites is 1. The maximum Gasteiger partial charge on any atom is 0.251 e. The average Bonchev–Trinajstić information content (AvgIpc) is 2.99. The van der Waals surface area contributed by atoms with Crippen LogP contribution in [0.15, 0.2) is 66.9 Å². The van der Waals surface area contributed by atoms with Crippen molar-refractivity contribution in [2.24, 2.45) is 0 Å². The molecule has 0 saturated heterocycles. The van der Waals surface area contributed by atoms with Gasteiger partial charge in [0.2, 0.25) is 0 Å². The number of aryl methyl sites for hydroxylation is 1. The molecule has 0 atom stereocenters. The molecule has 3 aromatic rings. The van der Waals surface area contributed by atoms with E-state index in [4.69, 9.17) is 0 Å². The maximum atomic E-state index is 12.7. The minimum absolute atomic E-state index is 0.101. The molecular formula is C20H21N3O. The van der Waals surface area contributed by atoms with Crippen molar-refractivity contribution < 1.29 is 4.79 Å². The number of carbonyl (C=O) groups excluding carboxylic acids is 1. The molecule has 24 heavy (non-hydrogen) atoms. The van der Waals surface area contributed by atoms with Gasteiger partial charge in [-0.1, -0.05) is 48.5 Å². The Kier molecular flexibility index (Phi) is 4.21. The van der Waals surface area contributed by atoms with Crippen LogP contribution in [0.5, 0.6) is 0 Å². The minimum Gasteiger partial charge on any atom is -0.324 e. The van der Waals surface area contributed by atoms with Gasteiger partial charge in [0, 0.05) is 17.4 Å². The third kappa shape index (κ3) is 3.08. The summed E-state index contributed by atoms with van der Waals surface area (Å²) in [5, 5.41) is 7.62. The van der Waals surface area contributed by atoms with Gasteiger partial charge < -0.3 is 5.32 Å². The molecule has 2 aromatic carbocycles. The van der Waals surface area contributed by atoms with Crippen molar-refractivity contribution in [1.82, 2.24) is 9.78 Å². The van der Waals surface area contributed by atoms with E-state index in [1.807, 2.05) is 87.6 Å². The lowest BCUT2D eigenvalue weighted by molar-refractivity contribution is -0.123. The number of hydrogen-bond donors (Lipinski definition) is 1. The Morgan fingerprint density at radius 1 is 1.00 bits per heavy atom. The molecule has 3 rings (SSSR count). The summed E-state index contributed by atoms with van der Waals surface area (Å²) in [6.45, 7) is 5.75. The standard InChI is InChI=1S/C20H21N3O/c1-15-14-23(22-18(15)16-10-6-4-7-11-16)20(2,3)19(24)21-17-12-8-5-9-13-17/h4-14H,1-3H3,(H,21,24). The fourth-order valence-corrected chi connectivity index (χ4v) is 2.54. The van der Waals surface area contributed by atoms with Crippen molar-refractivity contribution in [3.8, 4) is 11.3 Å². The fraction of sp³-hybridized carbons (Fsp3) is 0.200. The van der Waals surface area contributed by atoms with Gasteiger partial charge in [-0.2, -0.15) is 5.10 Å². The van der Waals surface area contributed by atoms with Crippen molar-refractivity contribution in [1.29, 1.82) is 0 Å². The van der Waals surface area contributed by atoms with Gasteiger partial charge >= 0.3 is 0 Å². The number of nitrogens with one attached hydrogen (secondary N) is 1. The Balaban J connectivity index is 1.89. The molecule has 1 amide bonds. The number of hydrogen-bond acceptors (Lipinski definition) is 2. The molecule has 1 aromatic heterocycles. The number of carbonyl (C=O) groups is 1. The van der Waals surface area contributed by atoms with E-state index in [2.05, 4.69) is 10.4 Å². The second kappa shape index (κ2) is 6.32.